The van der Waals surface area contributed by atoms with Crippen molar-refractivity contribution in [2.24, 2.45) is 0 Å². The molecule has 3 rings (SSSR count). The van der Waals surface area contributed by atoms with Crippen LogP contribution in [0.3, 0.4) is 0 Å². The molecule has 1 fully saturated rings. The number of carbonyl (C=O) groups excluding carboxylic acids is 2. The molecule has 1 aromatic heterocycles. The van der Waals surface area contributed by atoms with Gasteiger partial charge in [-0.1, -0.05) is 6.07 Å². The minimum absolute atomic E-state index is 0.0740. The van der Waals surface area contributed by atoms with Gasteiger partial charge < -0.3 is 20.6 Å². The predicted molar refractivity (Wildman–Crippen MR) is 91.1 cm³/mol. The Morgan fingerprint density at radius 3 is 2.56 bits per heavy atom. The lowest BCUT2D eigenvalue weighted by atomic mass is 10.1. The van der Waals surface area contributed by atoms with Gasteiger partial charge in [0.15, 0.2) is 12.4 Å². The van der Waals surface area contributed by atoms with Crippen molar-refractivity contribution in [3.63, 3.8) is 0 Å². The van der Waals surface area contributed by atoms with Gasteiger partial charge in [-0.2, -0.15) is 4.73 Å². The second-order valence-corrected chi connectivity index (χ2v) is 5.84. The molecule has 130 valence electrons. The fraction of sp³-hybridized carbons (Fsp3) is 0.278. The molecule has 0 aliphatic carbocycles. The Kier molecular flexibility index (Phi) is 5.25. The second-order valence-electron chi connectivity index (χ2n) is 5.84. The van der Waals surface area contributed by atoms with E-state index in [-0.39, 0.29) is 12.0 Å². The van der Waals surface area contributed by atoms with Crippen molar-refractivity contribution in [3.8, 4) is 0 Å². The van der Waals surface area contributed by atoms with Crippen LogP contribution in [0.4, 0.5) is 5.69 Å². The third-order valence-corrected chi connectivity index (χ3v) is 3.98. The van der Waals surface area contributed by atoms with Crippen LogP contribution in [0.5, 0.6) is 0 Å². The summed E-state index contributed by atoms with van der Waals surface area (Å²) in [4.78, 5) is 24.4. The number of amides is 1. The van der Waals surface area contributed by atoms with E-state index in [0.29, 0.717) is 21.5 Å². The lowest BCUT2D eigenvalue weighted by Crippen LogP contribution is -2.33. The third-order valence-electron chi connectivity index (χ3n) is 3.98. The largest absolute Gasteiger partial charge is 0.619 e. The van der Waals surface area contributed by atoms with Gasteiger partial charge in [0.1, 0.15) is 6.10 Å². The highest BCUT2D eigenvalue weighted by Gasteiger charge is 2.19. The van der Waals surface area contributed by atoms with E-state index >= 15 is 0 Å². The molecule has 25 heavy (non-hydrogen) atoms. The van der Waals surface area contributed by atoms with Crippen LogP contribution >= 0.6 is 0 Å². The number of rotatable bonds is 4. The second kappa shape index (κ2) is 7.76. The zero-order valence-electron chi connectivity index (χ0n) is 13.6. The minimum atomic E-state index is -0.393. The van der Waals surface area contributed by atoms with E-state index in [2.05, 4.69) is 10.6 Å². The molecular formula is C18H19N3O4. The Bertz CT molecular complexity index is 755. The maximum Gasteiger partial charge on any atom is 0.338 e. The maximum absolute atomic E-state index is 12.3. The van der Waals surface area contributed by atoms with Crippen LogP contribution in [0.25, 0.3) is 0 Å². The Balaban J connectivity index is 1.65. The van der Waals surface area contributed by atoms with Crippen molar-refractivity contribution in [1.82, 2.24) is 5.32 Å². The van der Waals surface area contributed by atoms with Crippen molar-refractivity contribution < 1.29 is 19.1 Å². The van der Waals surface area contributed by atoms with Crippen molar-refractivity contribution >= 4 is 17.6 Å². The lowest BCUT2D eigenvalue weighted by molar-refractivity contribution is -0.605. The van der Waals surface area contributed by atoms with Crippen molar-refractivity contribution in [2.45, 2.75) is 18.9 Å². The number of carbonyl (C=O) groups is 2. The molecule has 0 radical (unpaired) electrons. The first kappa shape index (κ1) is 16.9. The highest BCUT2D eigenvalue weighted by molar-refractivity contribution is 6.04. The van der Waals surface area contributed by atoms with Gasteiger partial charge in [-0.15, -0.1) is 0 Å². The smallest absolute Gasteiger partial charge is 0.338 e. The molecule has 7 heteroatoms. The van der Waals surface area contributed by atoms with Crippen LogP contribution in [-0.2, 0) is 4.74 Å². The molecule has 2 N–H and O–H groups in total. The number of nitrogens with zero attached hydrogens (tertiary/aromatic N) is 1. The molecule has 0 unspecified atom stereocenters. The summed E-state index contributed by atoms with van der Waals surface area (Å²) in [7, 11) is 0. The molecule has 2 aromatic rings. The summed E-state index contributed by atoms with van der Waals surface area (Å²) < 4.78 is 6.11. The molecular weight excluding hydrogens is 322 g/mol. The van der Waals surface area contributed by atoms with E-state index in [0.717, 1.165) is 25.9 Å². The Morgan fingerprint density at radius 2 is 1.84 bits per heavy atom. The first-order valence-corrected chi connectivity index (χ1v) is 8.14. The zero-order chi connectivity index (χ0) is 17.6. The summed E-state index contributed by atoms with van der Waals surface area (Å²) >= 11 is 0. The van der Waals surface area contributed by atoms with Crippen molar-refractivity contribution in [3.05, 3.63) is 65.1 Å². The molecule has 1 aliphatic heterocycles. The van der Waals surface area contributed by atoms with Crippen molar-refractivity contribution in [2.75, 3.05) is 18.4 Å². The van der Waals surface area contributed by atoms with Gasteiger partial charge in [0.25, 0.3) is 5.91 Å². The molecule has 1 aromatic carbocycles. The molecule has 2 heterocycles. The molecule has 1 aliphatic rings. The third kappa shape index (κ3) is 4.54. The van der Waals surface area contributed by atoms with Gasteiger partial charge in [0.2, 0.25) is 0 Å². The normalized spacial score (nSPS) is 14.7. The summed E-state index contributed by atoms with van der Waals surface area (Å²) in [6, 6.07) is 9.47. The number of ether oxygens (including phenoxy) is 1. The Hall–Kier alpha value is -2.93. The summed E-state index contributed by atoms with van der Waals surface area (Å²) in [6.45, 7) is 1.68. The van der Waals surface area contributed by atoms with E-state index in [1.807, 2.05) is 0 Å². The van der Waals surface area contributed by atoms with Crippen LogP contribution in [0.15, 0.2) is 48.8 Å². The number of anilines is 1. The summed E-state index contributed by atoms with van der Waals surface area (Å²) in [5.41, 5.74) is 1.24. The number of aromatic nitrogens is 1. The highest BCUT2D eigenvalue weighted by Crippen LogP contribution is 2.16. The lowest BCUT2D eigenvalue weighted by Gasteiger charge is -2.22. The number of nitrogens with one attached hydrogen (secondary N) is 2. The Labute approximate surface area is 145 Å². The van der Waals surface area contributed by atoms with E-state index in [1.54, 1.807) is 24.3 Å². The first-order chi connectivity index (χ1) is 12.1. The summed E-state index contributed by atoms with van der Waals surface area (Å²) in [6.07, 6.45) is 4.03. The fourth-order valence-electron chi connectivity index (χ4n) is 2.62. The summed E-state index contributed by atoms with van der Waals surface area (Å²) in [5.74, 6) is -0.750. The monoisotopic (exact) mass is 341 g/mol. The Morgan fingerprint density at radius 1 is 1.12 bits per heavy atom. The summed E-state index contributed by atoms with van der Waals surface area (Å²) in [5, 5.41) is 16.9. The number of hydrogen-bond acceptors (Lipinski definition) is 5. The molecule has 7 nitrogen and oxygen atoms in total. The topological polar surface area (TPSA) is 94.4 Å². The molecule has 1 amide bonds. The average molecular weight is 341 g/mol. The van der Waals surface area contributed by atoms with Gasteiger partial charge in [0.05, 0.1) is 11.1 Å². The van der Waals surface area contributed by atoms with Gasteiger partial charge >= 0.3 is 5.97 Å². The van der Waals surface area contributed by atoms with E-state index in [9.17, 15) is 14.8 Å². The quantitative estimate of drug-likeness (QED) is 0.499. The van der Waals surface area contributed by atoms with Crippen molar-refractivity contribution in [1.29, 1.82) is 0 Å². The fourth-order valence-corrected chi connectivity index (χ4v) is 2.62. The van der Waals surface area contributed by atoms with Gasteiger partial charge in [-0.05, 0) is 44.1 Å². The molecule has 0 atom stereocenters. The highest BCUT2D eigenvalue weighted by atomic mass is 16.5. The SMILES string of the molecule is O=C(Nc1cccc(C(=O)OC2CCNCC2)c1)c1cc[n+]([O-])cc1. The predicted octanol–water partition coefficient (Wildman–Crippen LogP) is 1.48. The van der Waals surface area contributed by atoms with Crippen LogP contribution in [-0.4, -0.2) is 31.1 Å². The number of hydrogen-bond donors (Lipinski definition) is 2. The van der Waals surface area contributed by atoms with Crippen LogP contribution < -0.4 is 15.4 Å². The average Bonchev–Trinajstić information content (AvgIpc) is 2.63. The van der Waals surface area contributed by atoms with Crippen LogP contribution in [0, 0.1) is 5.21 Å². The molecule has 0 bridgehead atoms. The van der Waals surface area contributed by atoms with Gasteiger partial charge in [-0.25, -0.2) is 4.79 Å². The molecule has 0 saturated carbocycles. The van der Waals surface area contributed by atoms with E-state index in [4.69, 9.17) is 4.74 Å². The number of pyridine rings is 1. The molecule has 1 saturated heterocycles. The number of esters is 1. The zero-order valence-corrected chi connectivity index (χ0v) is 13.6. The van der Waals surface area contributed by atoms with Crippen LogP contribution in [0.2, 0.25) is 0 Å². The maximum atomic E-state index is 12.3. The van der Waals surface area contributed by atoms with E-state index < -0.39 is 5.97 Å². The number of piperidine rings is 1. The van der Waals surface area contributed by atoms with E-state index in [1.165, 1.54) is 24.5 Å². The van der Waals surface area contributed by atoms with Crippen LogP contribution in [0.1, 0.15) is 33.6 Å². The van der Waals surface area contributed by atoms with Gasteiger partial charge in [0, 0.05) is 17.8 Å². The first-order valence-electron chi connectivity index (χ1n) is 8.14. The minimum Gasteiger partial charge on any atom is -0.619 e. The number of benzene rings is 1. The standard InChI is InChI=1S/C18H19N3O4/c22-17(13-6-10-21(24)11-7-13)20-15-3-1-2-14(12-15)18(23)25-16-4-8-19-9-5-16/h1-3,6-7,10-12,16,19H,4-5,8-9H2,(H,20,22). The van der Waals surface area contributed by atoms with Gasteiger partial charge in [-0.3, -0.25) is 4.79 Å². The molecule has 0 spiro atoms.